The topological polar surface area (TPSA) is 84.5 Å². The molecule has 4 aromatic rings. The van der Waals surface area contributed by atoms with E-state index in [0.29, 0.717) is 29.3 Å². The van der Waals surface area contributed by atoms with Gasteiger partial charge < -0.3 is 16.0 Å². The van der Waals surface area contributed by atoms with Crippen molar-refractivity contribution in [2.45, 2.75) is 25.1 Å². The van der Waals surface area contributed by atoms with Crippen LogP contribution in [-0.4, -0.2) is 32.0 Å². The fourth-order valence-electron chi connectivity index (χ4n) is 4.05. The van der Waals surface area contributed by atoms with Crippen molar-refractivity contribution in [2.75, 3.05) is 5.32 Å². The molecule has 0 saturated heterocycles. The number of benzene rings is 1. The van der Waals surface area contributed by atoms with Gasteiger partial charge in [0.15, 0.2) is 0 Å². The minimum atomic E-state index is -4.36. The summed E-state index contributed by atoms with van der Waals surface area (Å²) in [6.45, 7) is 3.79. The Morgan fingerprint density at radius 2 is 2.06 bits per heavy atom. The highest BCUT2D eigenvalue weighted by Crippen LogP contribution is 2.43. The molecule has 0 aliphatic heterocycles. The Morgan fingerprint density at radius 1 is 1.29 bits per heavy atom. The lowest BCUT2D eigenvalue weighted by Crippen LogP contribution is -2.38. The number of nitrogens with one attached hydrogen (secondary N) is 2. The van der Waals surface area contributed by atoms with Crippen molar-refractivity contribution in [3.05, 3.63) is 48.9 Å². The van der Waals surface area contributed by atoms with Gasteiger partial charge in [0.05, 0.1) is 17.1 Å². The first-order valence-corrected chi connectivity index (χ1v) is 9.94. The molecule has 0 radical (unpaired) electrons. The van der Waals surface area contributed by atoms with E-state index in [1.165, 1.54) is 6.20 Å². The maximum Gasteiger partial charge on any atom is 0.408 e. The van der Waals surface area contributed by atoms with Crippen LogP contribution in [0.4, 0.5) is 19.0 Å². The van der Waals surface area contributed by atoms with Gasteiger partial charge in [-0.05, 0) is 30.4 Å². The first-order chi connectivity index (χ1) is 14.7. The van der Waals surface area contributed by atoms with Gasteiger partial charge in [-0.3, -0.25) is 4.68 Å². The molecular weight excluding hydrogens is 405 g/mol. The minimum absolute atomic E-state index is 0.189. The van der Waals surface area contributed by atoms with Crippen LogP contribution in [0.25, 0.3) is 38.6 Å². The second kappa shape index (κ2) is 6.76. The lowest BCUT2D eigenvalue weighted by molar-refractivity contribution is -0.146. The Morgan fingerprint density at radius 3 is 2.68 bits per heavy atom. The molecule has 0 spiro atoms. The van der Waals surface area contributed by atoms with E-state index < -0.39 is 18.1 Å². The molecular formula is C22H21F3N6. The zero-order valence-electron chi connectivity index (χ0n) is 16.8. The van der Waals surface area contributed by atoms with Gasteiger partial charge in [-0.15, -0.1) is 0 Å². The van der Waals surface area contributed by atoms with Crippen molar-refractivity contribution in [1.82, 2.24) is 19.7 Å². The third kappa shape index (κ3) is 3.39. The van der Waals surface area contributed by atoms with Crippen LogP contribution >= 0.6 is 0 Å². The van der Waals surface area contributed by atoms with E-state index in [2.05, 4.69) is 27.0 Å². The molecule has 0 bridgehead atoms. The zero-order valence-corrected chi connectivity index (χ0v) is 16.8. The Hall–Kier alpha value is -3.49. The summed E-state index contributed by atoms with van der Waals surface area (Å²) in [5.41, 5.74) is 10.0. The minimum Gasteiger partial charge on any atom is -0.399 e. The standard InChI is InChI=1S/C22H21F3N6/c1-11(26)16-9-27-21(30-20(12-3-4-12)22(23,24)25)18-15-6-5-13(7-17(15)29-19(16)18)14-8-28-31(2)10-14/h5-10,12,20,29H,1,3-4,26H2,2H3,(H,27,30). The van der Waals surface area contributed by atoms with Crippen LogP contribution in [0.15, 0.2) is 43.4 Å². The van der Waals surface area contributed by atoms with Crippen LogP contribution in [0.2, 0.25) is 0 Å². The molecule has 6 nitrogen and oxygen atoms in total. The summed E-state index contributed by atoms with van der Waals surface area (Å²) in [5.74, 6) is -0.238. The van der Waals surface area contributed by atoms with Crippen molar-refractivity contribution in [2.24, 2.45) is 18.7 Å². The smallest absolute Gasteiger partial charge is 0.399 e. The van der Waals surface area contributed by atoms with Crippen LogP contribution < -0.4 is 11.1 Å². The highest BCUT2D eigenvalue weighted by molar-refractivity contribution is 6.15. The van der Waals surface area contributed by atoms with Crippen LogP contribution in [0.1, 0.15) is 18.4 Å². The molecule has 9 heteroatoms. The Balaban J connectivity index is 1.69. The molecule has 5 rings (SSSR count). The number of fused-ring (bicyclic) bond motifs is 3. The number of nitrogens with two attached hydrogens (primary N) is 1. The molecule has 3 heterocycles. The van der Waals surface area contributed by atoms with Crippen molar-refractivity contribution in [1.29, 1.82) is 0 Å². The Labute approximate surface area is 175 Å². The summed E-state index contributed by atoms with van der Waals surface area (Å²) in [6, 6.07) is 4.12. The van der Waals surface area contributed by atoms with Crippen molar-refractivity contribution >= 4 is 33.3 Å². The van der Waals surface area contributed by atoms with Gasteiger partial charge in [0.25, 0.3) is 0 Å². The molecule has 1 aliphatic carbocycles. The number of hydrogen-bond donors (Lipinski definition) is 3. The molecule has 31 heavy (non-hydrogen) atoms. The average Bonchev–Trinajstić information content (AvgIpc) is 3.32. The quantitative estimate of drug-likeness (QED) is 0.428. The second-order valence-electron chi connectivity index (χ2n) is 8.08. The van der Waals surface area contributed by atoms with Gasteiger partial charge in [-0.2, -0.15) is 18.3 Å². The van der Waals surface area contributed by atoms with Crippen molar-refractivity contribution in [3.63, 3.8) is 0 Å². The van der Waals surface area contributed by atoms with E-state index in [4.69, 9.17) is 5.73 Å². The number of hydrogen-bond acceptors (Lipinski definition) is 4. The van der Waals surface area contributed by atoms with Gasteiger partial charge in [-0.25, -0.2) is 4.98 Å². The highest BCUT2D eigenvalue weighted by atomic mass is 19.4. The number of aromatic amines is 1. The van der Waals surface area contributed by atoms with E-state index >= 15 is 0 Å². The average molecular weight is 426 g/mol. The van der Waals surface area contributed by atoms with Crippen LogP contribution in [-0.2, 0) is 7.05 Å². The Kier molecular flexibility index (Phi) is 4.25. The first kappa shape index (κ1) is 19.5. The molecule has 0 amide bonds. The first-order valence-electron chi connectivity index (χ1n) is 9.94. The number of halogens is 3. The van der Waals surface area contributed by atoms with Gasteiger partial charge in [-0.1, -0.05) is 18.7 Å². The third-order valence-electron chi connectivity index (χ3n) is 5.75. The molecule has 1 atom stereocenters. The molecule has 3 aromatic heterocycles. The molecule has 160 valence electrons. The fraction of sp³-hybridized carbons (Fsp3) is 0.273. The van der Waals surface area contributed by atoms with E-state index in [1.807, 2.05) is 31.4 Å². The highest BCUT2D eigenvalue weighted by Gasteiger charge is 2.49. The molecule has 1 aliphatic rings. The number of pyridine rings is 1. The molecule has 1 aromatic carbocycles. The molecule has 1 fully saturated rings. The lowest BCUT2D eigenvalue weighted by atomic mass is 10.0. The van der Waals surface area contributed by atoms with E-state index in [9.17, 15) is 13.2 Å². The van der Waals surface area contributed by atoms with E-state index in [-0.39, 0.29) is 11.5 Å². The van der Waals surface area contributed by atoms with Crippen molar-refractivity contribution < 1.29 is 13.2 Å². The predicted molar refractivity (Wildman–Crippen MR) is 115 cm³/mol. The van der Waals surface area contributed by atoms with Gasteiger partial charge in [0.1, 0.15) is 11.9 Å². The van der Waals surface area contributed by atoms with Crippen LogP contribution in [0.3, 0.4) is 0 Å². The van der Waals surface area contributed by atoms with Crippen LogP contribution in [0, 0.1) is 5.92 Å². The van der Waals surface area contributed by atoms with Crippen molar-refractivity contribution in [3.8, 4) is 11.1 Å². The number of H-pyrrole nitrogens is 1. The summed E-state index contributed by atoms with van der Waals surface area (Å²) in [4.78, 5) is 7.63. The van der Waals surface area contributed by atoms with Gasteiger partial charge in [0.2, 0.25) is 0 Å². The summed E-state index contributed by atoms with van der Waals surface area (Å²) >= 11 is 0. The largest absolute Gasteiger partial charge is 0.408 e. The third-order valence-corrected chi connectivity index (χ3v) is 5.75. The second-order valence-corrected chi connectivity index (χ2v) is 8.08. The summed E-state index contributed by atoms with van der Waals surface area (Å²) in [5, 5.41) is 8.21. The monoisotopic (exact) mass is 426 g/mol. The van der Waals surface area contributed by atoms with E-state index in [1.54, 1.807) is 10.9 Å². The number of rotatable bonds is 5. The zero-order chi connectivity index (χ0) is 21.9. The number of nitrogens with zero attached hydrogens (tertiary/aromatic N) is 3. The number of aromatic nitrogens is 4. The van der Waals surface area contributed by atoms with Gasteiger partial charge >= 0.3 is 6.18 Å². The maximum absolute atomic E-state index is 13.6. The summed E-state index contributed by atoms with van der Waals surface area (Å²) in [6.07, 6.45) is 1.88. The number of aryl methyl sites for hydroxylation is 1. The molecule has 4 N–H and O–H groups in total. The SMILES string of the molecule is C=C(N)c1cnc(NC(C2CC2)C(F)(F)F)c2c1[nH]c1cc(-c3cnn(C)c3)ccc12. The number of alkyl halides is 3. The summed E-state index contributed by atoms with van der Waals surface area (Å²) < 4.78 is 42.6. The lowest BCUT2D eigenvalue weighted by Gasteiger charge is -2.22. The van der Waals surface area contributed by atoms with E-state index in [0.717, 1.165) is 22.0 Å². The Bertz CT molecular complexity index is 1310. The molecule has 1 saturated carbocycles. The normalized spacial score (nSPS) is 15.5. The van der Waals surface area contributed by atoms with Gasteiger partial charge in [0, 0.05) is 47.2 Å². The fourth-order valence-corrected chi connectivity index (χ4v) is 4.05. The number of anilines is 1. The maximum atomic E-state index is 13.6. The predicted octanol–water partition coefficient (Wildman–Crippen LogP) is 4.80. The summed E-state index contributed by atoms with van der Waals surface area (Å²) in [7, 11) is 1.84. The molecule has 1 unspecified atom stereocenters. The van der Waals surface area contributed by atoms with Crippen LogP contribution in [0.5, 0.6) is 0 Å².